The van der Waals surface area contributed by atoms with Crippen molar-refractivity contribution in [2.45, 2.75) is 19.9 Å². The molecule has 14 heavy (non-hydrogen) atoms. The molecule has 0 radical (unpaired) electrons. The van der Waals surface area contributed by atoms with Crippen LogP contribution in [0.25, 0.3) is 0 Å². The van der Waals surface area contributed by atoms with Crippen molar-refractivity contribution in [3.8, 4) is 0 Å². The van der Waals surface area contributed by atoms with Gasteiger partial charge in [-0.2, -0.15) is 0 Å². The van der Waals surface area contributed by atoms with Crippen LogP contribution in [-0.4, -0.2) is 49.3 Å². The zero-order valence-corrected chi connectivity index (χ0v) is 9.28. The van der Waals surface area contributed by atoms with Crippen molar-refractivity contribution in [2.75, 3.05) is 27.2 Å². The second kappa shape index (κ2) is 6.75. The van der Waals surface area contributed by atoms with Crippen LogP contribution >= 0.6 is 0 Å². The predicted octanol–water partition coefficient (Wildman–Crippen LogP) is 0.178. The molecule has 84 valence electrons. The third-order valence-electron chi connectivity index (χ3n) is 2.19. The maximum atomic E-state index is 10.3. The summed E-state index contributed by atoms with van der Waals surface area (Å²) in [7, 11) is 3.28. The average molecular weight is 204 g/mol. The zero-order valence-electron chi connectivity index (χ0n) is 9.28. The van der Waals surface area contributed by atoms with Crippen molar-refractivity contribution in [1.29, 1.82) is 0 Å². The lowest BCUT2D eigenvalue weighted by Crippen LogP contribution is -2.53. The summed E-state index contributed by atoms with van der Waals surface area (Å²) in [6, 6.07) is 0.496. The van der Waals surface area contributed by atoms with Crippen LogP contribution in [0.1, 0.15) is 13.8 Å². The molecule has 0 aromatic heterocycles. The first kappa shape index (κ1) is 13.4. The number of likely N-dealkylation sites (tertiary alicyclic amines) is 1. The van der Waals surface area contributed by atoms with Gasteiger partial charge in [-0.15, -0.1) is 0 Å². The van der Waals surface area contributed by atoms with E-state index in [4.69, 9.17) is 5.11 Å². The van der Waals surface area contributed by atoms with Crippen LogP contribution in [0.5, 0.6) is 0 Å². The Balaban J connectivity index is 0.000000364. The molecule has 2 N–H and O–H groups in total. The molecule has 1 heterocycles. The van der Waals surface area contributed by atoms with Crippen LogP contribution in [0.15, 0.2) is 0 Å². The minimum Gasteiger partial charge on any atom is -0.481 e. The van der Waals surface area contributed by atoms with E-state index in [1.54, 1.807) is 14.2 Å². The molecule has 1 saturated heterocycles. The summed E-state index contributed by atoms with van der Waals surface area (Å²) in [6.45, 7) is 5.62. The van der Waals surface area contributed by atoms with Gasteiger partial charge in [-0.25, -0.2) is 5.48 Å². The van der Waals surface area contributed by atoms with E-state index in [-0.39, 0.29) is 5.92 Å². The lowest BCUT2D eigenvalue weighted by atomic mass is 9.99. The molecule has 5 nitrogen and oxygen atoms in total. The highest BCUT2D eigenvalue weighted by molar-refractivity contribution is 5.71. The highest BCUT2D eigenvalue weighted by Crippen LogP contribution is 2.17. The number of rotatable bonds is 3. The molecule has 0 aromatic carbocycles. The Morgan fingerprint density at radius 1 is 1.57 bits per heavy atom. The second-order valence-corrected chi connectivity index (χ2v) is 3.49. The molecular formula is C9H20N2O3. The monoisotopic (exact) mass is 204 g/mol. The standard InChI is InChI=1S/C7H13NO2.C2H7NO/c1-5(2)8-3-6(4-8)7(9)10;1-3-4-2/h5-6H,3-4H2,1-2H3,(H,9,10);3H,1-2H3. The lowest BCUT2D eigenvalue weighted by Gasteiger charge is -2.39. The molecule has 0 spiro atoms. The van der Waals surface area contributed by atoms with Gasteiger partial charge in [0.1, 0.15) is 0 Å². The fourth-order valence-corrected chi connectivity index (χ4v) is 1.09. The Morgan fingerprint density at radius 3 is 2.21 bits per heavy atom. The molecule has 0 aliphatic carbocycles. The van der Waals surface area contributed by atoms with Crippen LogP contribution in [0.3, 0.4) is 0 Å². The Bertz CT molecular complexity index is 165. The van der Waals surface area contributed by atoms with Gasteiger partial charge in [-0.05, 0) is 13.8 Å². The van der Waals surface area contributed by atoms with E-state index in [1.165, 1.54) is 0 Å². The number of hydroxylamine groups is 1. The van der Waals surface area contributed by atoms with Crippen LogP contribution in [-0.2, 0) is 9.63 Å². The van der Waals surface area contributed by atoms with Crippen molar-refractivity contribution in [2.24, 2.45) is 5.92 Å². The average Bonchev–Trinajstić information content (AvgIpc) is 2.00. The Hall–Kier alpha value is -0.650. The van der Waals surface area contributed by atoms with Crippen LogP contribution in [0.4, 0.5) is 0 Å². The van der Waals surface area contributed by atoms with E-state index in [2.05, 4.69) is 29.1 Å². The fourth-order valence-electron chi connectivity index (χ4n) is 1.09. The molecule has 1 aliphatic heterocycles. The third-order valence-corrected chi connectivity index (χ3v) is 2.19. The summed E-state index contributed by atoms with van der Waals surface area (Å²) in [5.41, 5.74) is 2.43. The summed E-state index contributed by atoms with van der Waals surface area (Å²) in [6.07, 6.45) is 0. The van der Waals surface area contributed by atoms with E-state index in [0.717, 1.165) is 13.1 Å². The predicted molar refractivity (Wildman–Crippen MR) is 53.9 cm³/mol. The largest absolute Gasteiger partial charge is 0.481 e. The number of aliphatic carboxylic acids is 1. The summed E-state index contributed by atoms with van der Waals surface area (Å²) < 4.78 is 0. The number of nitrogens with zero attached hydrogens (tertiary/aromatic N) is 1. The first-order valence-electron chi connectivity index (χ1n) is 4.69. The number of nitrogens with one attached hydrogen (secondary N) is 1. The summed E-state index contributed by atoms with van der Waals surface area (Å²) in [4.78, 5) is 16.8. The molecule has 0 amide bonds. The van der Waals surface area contributed by atoms with Gasteiger partial charge in [0.25, 0.3) is 0 Å². The van der Waals surface area contributed by atoms with Crippen molar-refractivity contribution < 1.29 is 14.7 Å². The van der Waals surface area contributed by atoms with Gasteiger partial charge in [-0.3, -0.25) is 9.69 Å². The van der Waals surface area contributed by atoms with Crippen molar-refractivity contribution in [1.82, 2.24) is 10.4 Å². The molecule has 1 rings (SSSR count). The van der Waals surface area contributed by atoms with Gasteiger partial charge in [0.15, 0.2) is 0 Å². The highest BCUT2D eigenvalue weighted by Gasteiger charge is 2.33. The zero-order chi connectivity index (χ0) is 11.1. The maximum absolute atomic E-state index is 10.3. The SMILES string of the molecule is CC(C)N1CC(C(=O)O)C1.CNOC. The Kier molecular flexibility index (Phi) is 6.44. The van der Waals surface area contributed by atoms with Gasteiger partial charge in [0, 0.05) is 26.2 Å². The molecule has 1 aliphatic rings. The second-order valence-electron chi connectivity index (χ2n) is 3.49. The fraction of sp³-hybridized carbons (Fsp3) is 0.889. The van der Waals surface area contributed by atoms with Crippen molar-refractivity contribution >= 4 is 5.97 Å². The number of carbonyl (C=O) groups is 1. The summed E-state index contributed by atoms with van der Waals surface area (Å²) in [5.74, 6) is -0.765. The number of hydrogen-bond donors (Lipinski definition) is 2. The minimum atomic E-state index is -0.656. The quantitative estimate of drug-likeness (QED) is 0.642. The normalized spacial score (nSPS) is 17.2. The summed E-state index contributed by atoms with van der Waals surface area (Å²) >= 11 is 0. The first-order valence-corrected chi connectivity index (χ1v) is 4.69. The van der Waals surface area contributed by atoms with E-state index in [9.17, 15) is 4.79 Å². The topological polar surface area (TPSA) is 61.8 Å². The Morgan fingerprint density at radius 2 is 2.00 bits per heavy atom. The van der Waals surface area contributed by atoms with Crippen LogP contribution in [0, 0.1) is 5.92 Å². The van der Waals surface area contributed by atoms with Crippen LogP contribution in [0.2, 0.25) is 0 Å². The first-order chi connectivity index (χ1) is 6.52. The van der Waals surface area contributed by atoms with E-state index in [1.807, 2.05) is 0 Å². The van der Waals surface area contributed by atoms with Crippen LogP contribution < -0.4 is 5.48 Å². The van der Waals surface area contributed by atoms with E-state index in [0.29, 0.717) is 6.04 Å². The highest BCUT2D eigenvalue weighted by atomic mass is 16.6. The number of hydrogen-bond acceptors (Lipinski definition) is 4. The van der Waals surface area contributed by atoms with Gasteiger partial charge in [0.05, 0.1) is 13.0 Å². The smallest absolute Gasteiger partial charge is 0.309 e. The molecule has 0 aromatic rings. The van der Waals surface area contributed by atoms with Gasteiger partial charge >= 0.3 is 5.97 Å². The van der Waals surface area contributed by atoms with Gasteiger partial charge in [-0.1, -0.05) is 0 Å². The van der Waals surface area contributed by atoms with Crippen molar-refractivity contribution in [3.63, 3.8) is 0 Å². The molecule has 0 unspecified atom stereocenters. The van der Waals surface area contributed by atoms with E-state index < -0.39 is 5.97 Å². The summed E-state index contributed by atoms with van der Waals surface area (Å²) in [5, 5.41) is 8.51. The molecular weight excluding hydrogens is 184 g/mol. The van der Waals surface area contributed by atoms with Gasteiger partial charge < -0.3 is 9.94 Å². The molecule has 5 heteroatoms. The minimum absolute atomic E-state index is 0.109. The van der Waals surface area contributed by atoms with Gasteiger partial charge in [0.2, 0.25) is 0 Å². The molecule has 0 atom stereocenters. The third kappa shape index (κ3) is 4.55. The number of carboxylic acids is 1. The molecule has 1 fully saturated rings. The molecule has 0 bridgehead atoms. The Labute approximate surface area is 85.0 Å². The maximum Gasteiger partial charge on any atom is 0.309 e. The lowest BCUT2D eigenvalue weighted by molar-refractivity contribution is -0.148. The van der Waals surface area contributed by atoms with E-state index >= 15 is 0 Å². The van der Waals surface area contributed by atoms with Crippen molar-refractivity contribution in [3.05, 3.63) is 0 Å². The molecule has 0 saturated carbocycles. The number of carboxylic acid groups (broad SMARTS) is 1.